The molecule has 0 amide bonds. The van der Waals surface area contributed by atoms with Crippen LogP contribution in [0, 0.1) is 18.3 Å². The van der Waals surface area contributed by atoms with Crippen LogP contribution in [-0.4, -0.2) is 16.3 Å². The Kier molecular flexibility index (Phi) is 2.95. The number of aliphatic hydroxyl groups is 1. The molecule has 2 N–H and O–H groups in total. The summed E-state index contributed by atoms with van der Waals surface area (Å²) in [5.74, 6) is 0.892. The van der Waals surface area contributed by atoms with Crippen molar-refractivity contribution in [3.63, 3.8) is 0 Å². The lowest BCUT2D eigenvalue weighted by Crippen LogP contribution is -2.53. The minimum absolute atomic E-state index is 0.0504. The van der Waals surface area contributed by atoms with Gasteiger partial charge in [-0.3, -0.25) is 0 Å². The highest BCUT2D eigenvalue weighted by atomic mass is 16.3. The molecule has 3 atom stereocenters. The molecule has 3 rings (SSSR count). The van der Waals surface area contributed by atoms with Gasteiger partial charge in [-0.2, -0.15) is 0 Å². The Morgan fingerprint density at radius 3 is 2.55 bits per heavy atom. The van der Waals surface area contributed by atoms with Crippen LogP contribution in [-0.2, 0) is 11.8 Å². The molecule has 0 spiro atoms. The molecule has 1 aromatic rings. The summed E-state index contributed by atoms with van der Waals surface area (Å²) in [6.45, 7) is 8.72. The molecular formula is C18H26O2. The number of benzene rings is 1. The van der Waals surface area contributed by atoms with Gasteiger partial charge in [-0.25, -0.2) is 0 Å². The molecule has 2 aliphatic rings. The summed E-state index contributed by atoms with van der Waals surface area (Å²) in [6, 6.07) is 4.15. The van der Waals surface area contributed by atoms with Crippen molar-refractivity contribution in [1.82, 2.24) is 0 Å². The highest BCUT2D eigenvalue weighted by molar-refractivity contribution is 5.47. The summed E-state index contributed by atoms with van der Waals surface area (Å²) in [6.07, 6.45) is 3.86. The van der Waals surface area contributed by atoms with Crippen LogP contribution in [0.1, 0.15) is 56.7 Å². The van der Waals surface area contributed by atoms with E-state index < -0.39 is 0 Å². The van der Waals surface area contributed by atoms with E-state index in [4.69, 9.17) is 0 Å². The molecular weight excluding hydrogens is 248 g/mol. The molecule has 0 aliphatic heterocycles. The number of rotatable bonds is 0. The van der Waals surface area contributed by atoms with Crippen LogP contribution in [0.3, 0.4) is 0 Å². The molecule has 0 radical (unpaired) electrons. The van der Waals surface area contributed by atoms with Crippen LogP contribution >= 0.6 is 0 Å². The second-order valence-electron chi connectivity index (χ2n) is 7.68. The van der Waals surface area contributed by atoms with Gasteiger partial charge < -0.3 is 10.2 Å². The van der Waals surface area contributed by atoms with E-state index in [-0.39, 0.29) is 16.9 Å². The van der Waals surface area contributed by atoms with Gasteiger partial charge in [-0.1, -0.05) is 26.8 Å². The third-order valence-corrected chi connectivity index (χ3v) is 6.20. The van der Waals surface area contributed by atoms with Gasteiger partial charge in [-0.05, 0) is 72.1 Å². The van der Waals surface area contributed by atoms with Crippen molar-refractivity contribution in [3.8, 4) is 5.75 Å². The molecule has 110 valence electrons. The van der Waals surface area contributed by atoms with Crippen molar-refractivity contribution in [1.29, 1.82) is 0 Å². The van der Waals surface area contributed by atoms with Gasteiger partial charge in [0.25, 0.3) is 0 Å². The number of phenols is 1. The quantitative estimate of drug-likeness (QED) is 0.757. The van der Waals surface area contributed by atoms with Gasteiger partial charge in [0.15, 0.2) is 0 Å². The standard InChI is InChI=1S/C18H26O2/c1-11-9-12-5-6-15-17(2,3)16(20)7-8-18(15,4)13(12)10-14(11)19/h9-10,15-16,19-20H,5-8H2,1-4H3/t15-,16+,18+/m0/s1. The first-order valence-electron chi connectivity index (χ1n) is 7.78. The van der Waals surface area contributed by atoms with Crippen molar-refractivity contribution in [2.24, 2.45) is 11.3 Å². The Balaban J connectivity index is 2.14. The molecule has 20 heavy (non-hydrogen) atoms. The van der Waals surface area contributed by atoms with E-state index in [0.717, 1.165) is 31.2 Å². The first kappa shape index (κ1) is 13.9. The number of phenolic OH excluding ortho intramolecular Hbond substituents is 1. The Hall–Kier alpha value is -1.02. The number of aryl methyl sites for hydroxylation is 2. The van der Waals surface area contributed by atoms with Gasteiger partial charge in [0, 0.05) is 0 Å². The second kappa shape index (κ2) is 4.24. The first-order valence-corrected chi connectivity index (χ1v) is 7.78. The number of fused-ring (bicyclic) bond motifs is 3. The third kappa shape index (κ3) is 1.74. The predicted molar refractivity (Wildman–Crippen MR) is 81.0 cm³/mol. The van der Waals surface area contributed by atoms with Gasteiger partial charge in [-0.15, -0.1) is 0 Å². The Bertz CT molecular complexity index is 547. The van der Waals surface area contributed by atoms with Gasteiger partial charge in [0.05, 0.1) is 6.10 Å². The van der Waals surface area contributed by atoms with Gasteiger partial charge >= 0.3 is 0 Å². The lowest BCUT2D eigenvalue weighted by atomic mass is 9.49. The monoisotopic (exact) mass is 274 g/mol. The molecule has 2 heteroatoms. The fraction of sp³-hybridized carbons (Fsp3) is 0.667. The minimum atomic E-state index is -0.207. The maximum Gasteiger partial charge on any atom is 0.118 e. The molecule has 0 heterocycles. The molecule has 1 aromatic carbocycles. The summed E-state index contributed by atoms with van der Waals surface area (Å²) in [7, 11) is 0. The highest BCUT2D eigenvalue weighted by Crippen LogP contribution is 2.57. The zero-order valence-corrected chi connectivity index (χ0v) is 13.0. The molecule has 1 fully saturated rings. The van der Waals surface area contributed by atoms with Crippen LogP contribution in [0.5, 0.6) is 5.75 Å². The molecule has 0 bridgehead atoms. The van der Waals surface area contributed by atoms with Crippen molar-refractivity contribution >= 4 is 0 Å². The van der Waals surface area contributed by atoms with Gasteiger partial charge in [0.1, 0.15) is 5.75 Å². The normalized spacial score (nSPS) is 35.2. The average Bonchev–Trinajstić information content (AvgIpc) is 2.37. The second-order valence-corrected chi connectivity index (χ2v) is 7.68. The topological polar surface area (TPSA) is 40.5 Å². The van der Waals surface area contributed by atoms with E-state index in [0.29, 0.717) is 11.7 Å². The molecule has 0 saturated heterocycles. The van der Waals surface area contributed by atoms with E-state index in [9.17, 15) is 10.2 Å². The van der Waals surface area contributed by atoms with Crippen LogP contribution in [0.4, 0.5) is 0 Å². The molecule has 2 nitrogen and oxygen atoms in total. The van der Waals surface area contributed by atoms with E-state index in [1.54, 1.807) is 0 Å². The maximum absolute atomic E-state index is 10.4. The zero-order valence-electron chi connectivity index (χ0n) is 13.0. The van der Waals surface area contributed by atoms with Crippen molar-refractivity contribution in [2.75, 3.05) is 0 Å². The SMILES string of the molecule is Cc1cc2c(cc1O)[C@@]1(C)CC[C@@H](O)C(C)(C)[C@@H]1CC2. The fourth-order valence-electron chi connectivity index (χ4n) is 4.84. The van der Waals surface area contributed by atoms with E-state index in [1.165, 1.54) is 11.1 Å². The Morgan fingerprint density at radius 1 is 1.15 bits per heavy atom. The first-order chi connectivity index (χ1) is 9.26. The highest BCUT2D eigenvalue weighted by Gasteiger charge is 2.53. The van der Waals surface area contributed by atoms with Gasteiger partial charge in [0.2, 0.25) is 0 Å². The minimum Gasteiger partial charge on any atom is -0.508 e. The molecule has 1 saturated carbocycles. The number of aliphatic hydroxyl groups excluding tert-OH is 1. The Labute approximate surface area is 121 Å². The lowest BCUT2D eigenvalue weighted by Gasteiger charge is -2.56. The Morgan fingerprint density at radius 2 is 1.85 bits per heavy atom. The smallest absolute Gasteiger partial charge is 0.118 e. The summed E-state index contributed by atoms with van der Waals surface area (Å²) in [5.41, 5.74) is 3.72. The summed E-state index contributed by atoms with van der Waals surface area (Å²) in [5, 5.41) is 20.5. The van der Waals surface area contributed by atoms with Crippen molar-refractivity contribution < 1.29 is 10.2 Å². The zero-order chi connectivity index (χ0) is 14.7. The maximum atomic E-state index is 10.4. The van der Waals surface area contributed by atoms with Crippen LogP contribution < -0.4 is 0 Å². The number of aromatic hydroxyl groups is 1. The summed E-state index contributed by atoms with van der Waals surface area (Å²) < 4.78 is 0. The molecule has 0 unspecified atom stereocenters. The lowest BCUT2D eigenvalue weighted by molar-refractivity contribution is -0.0731. The number of hydrogen-bond donors (Lipinski definition) is 2. The number of hydrogen-bond acceptors (Lipinski definition) is 2. The summed E-state index contributed by atoms with van der Waals surface area (Å²) >= 11 is 0. The molecule has 0 aromatic heterocycles. The van der Waals surface area contributed by atoms with Crippen LogP contribution in [0.2, 0.25) is 0 Å². The van der Waals surface area contributed by atoms with Crippen LogP contribution in [0.15, 0.2) is 12.1 Å². The van der Waals surface area contributed by atoms with E-state index >= 15 is 0 Å². The van der Waals surface area contributed by atoms with E-state index in [2.05, 4.69) is 26.8 Å². The predicted octanol–water partition coefficient (Wildman–Crippen LogP) is 3.70. The fourth-order valence-corrected chi connectivity index (χ4v) is 4.84. The van der Waals surface area contributed by atoms with E-state index in [1.807, 2.05) is 13.0 Å². The largest absolute Gasteiger partial charge is 0.508 e. The van der Waals surface area contributed by atoms with Crippen LogP contribution in [0.25, 0.3) is 0 Å². The average molecular weight is 274 g/mol. The molecule has 2 aliphatic carbocycles. The third-order valence-electron chi connectivity index (χ3n) is 6.20. The summed E-state index contributed by atoms with van der Waals surface area (Å²) in [4.78, 5) is 0. The van der Waals surface area contributed by atoms with Crippen molar-refractivity contribution in [3.05, 3.63) is 28.8 Å². The van der Waals surface area contributed by atoms with Crippen molar-refractivity contribution in [2.45, 2.75) is 64.9 Å².